The molecule has 6 heteroatoms. The summed E-state index contributed by atoms with van der Waals surface area (Å²) in [6, 6.07) is 19.8. The van der Waals surface area contributed by atoms with Gasteiger partial charge in [-0.25, -0.2) is 4.98 Å². The Morgan fingerprint density at radius 3 is 2.17 bits per heavy atom. The summed E-state index contributed by atoms with van der Waals surface area (Å²) in [6.07, 6.45) is 0. The highest BCUT2D eigenvalue weighted by atomic mass is 35.5. The summed E-state index contributed by atoms with van der Waals surface area (Å²) in [4.78, 5) is 4.35. The van der Waals surface area contributed by atoms with Gasteiger partial charge in [0.1, 0.15) is 28.5 Å². The Balaban J connectivity index is 2.06. The van der Waals surface area contributed by atoms with Gasteiger partial charge >= 0.3 is 0 Å². The number of hydrogen-bond acceptors (Lipinski definition) is 5. The van der Waals surface area contributed by atoms with Gasteiger partial charge in [0.15, 0.2) is 0 Å². The average molecular weight is 419 g/mol. The van der Waals surface area contributed by atoms with Crippen molar-refractivity contribution < 1.29 is 0 Å². The van der Waals surface area contributed by atoms with Gasteiger partial charge < -0.3 is 5.73 Å². The fourth-order valence-corrected chi connectivity index (χ4v) is 4.04. The van der Waals surface area contributed by atoms with Gasteiger partial charge in [0.25, 0.3) is 0 Å². The highest BCUT2D eigenvalue weighted by Crippen LogP contribution is 2.37. The Morgan fingerprint density at radius 1 is 1.00 bits per heavy atom. The summed E-state index contributed by atoms with van der Waals surface area (Å²) in [6.45, 7) is 4.23. The smallest absolute Gasteiger partial charge is 0.143 e. The molecule has 4 nitrogen and oxygen atoms in total. The van der Waals surface area contributed by atoms with Crippen molar-refractivity contribution in [3.8, 4) is 23.3 Å². The predicted octanol–water partition coefficient (Wildman–Crippen LogP) is 6.14. The van der Waals surface area contributed by atoms with Crippen molar-refractivity contribution in [2.45, 2.75) is 30.5 Å². The molecule has 0 amide bonds. The van der Waals surface area contributed by atoms with Crippen molar-refractivity contribution in [3.05, 3.63) is 75.8 Å². The van der Waals surface area contributed by atoms with Crippen LogP contribution in [0.5, 0.6) is 0 Å². The molecule has 1 aromatic heterocycles. The Bertz CT molecular complexity index is 1110. The summed E-state index contributed by atoms with van der Waals surface area (Å²) >= 11 is 7.36. The Hall–Kier alpha value is -2.99. The molecule has 144 valence electrons. The summed E-state index contributed by atoms with van der Waals surface area (Å²) < 4.78 is 0. The normalized spacial score (nSPS) is 10.6. The first-order chi connectivity index (χ1) is 13.9. The average Bonchev–Trinajstić information content (AvgIpc) is 2.72. The lowest BCUT2D eigenvalue weighted by molar-refractivity contribution is 0.867. The molecule has 0 aliphatic heterocycles. The second kappa shape index (κ2) is 9.01. The van der Waals surface area contributed by atoms with Crippen molar-refractivity contribution in [2.24, 2.45) is 0 Å². The van der Waals surface area contributed by atoms with Gasteiger partial charge in [-0.2, -0.15) is 10.5 Å². The Labute approximate surface area is 180 Å². The van der Waals surface area contributed by atoms with Crippen LogP contribution in [0.2, 0.25) is 5.02 Å². The number of nitrogen functional groups attached to an aromatic ring is 1. The lowest BCUT2D eigenvalue weighted by Gasteiger charge is -2.14. The maximum atomic E-state index is 9.88. The lowest BCUT2D eigenvalue weighted by atomic mass is 9.94. The van der Waals surface area contributed by atoms with Crippen LogP contribution in [0.4, 0.5) is 5.82 Å². The molecule has 0 aliphatic carbocycles. The van der Waals surface area contributed by atoms with Gasteiger partial charge in [0, 0.05) is 16.3 Å². The van der Waals surface area contributed by atoms with Gasteiger partial charge in [-0.1, -0.05) is 61.8 Å². The Morgan fingerprint density at radius 2 is 1.62 bits per heavy atom. The third kappa shape index (κ3) is 4.54. The zero-order valence-electron chi connectivity index (χ0n) is 16.1. The second-order valence-corrected chi connectivity index (χ2v) is 8.24. The van der Waals surface area contributed by atoms with Gasteiger partial charge in [-0.05, 0) is 34.7 Å². The van der Waals surface area contributed by atoms with Crippen molar-refractivity contribution in [1.82, 2.24) is 4.98 Å². The van der Waals surface area contributed by atoms with E-state index in [0.29, 0.717) is 32.8 Å². The zero-order chi connectivity index (χ0) is 21.0. The maximum absolute atomic E-state index is 9.88. The van der Waals surface area contributed by atoms with E-state index in [1.165, 1.54) is 17.3 Å². The standard InChI is InChI=1S/C23H19ClN4S/c1-14(2)16-5-7-17(8-6-16)21-19(11-25)22(27)28-23(20(21)12-26)29-13-15-3-9-18(24)10-4-15/h3-10,14H,13H2,1-2H3,(H2,27,28). The first kappa shape index (κ1) is 20.7. The molecular formula is C23H19ClN4S. The fraction of sp³-hybridized carbons (Fsp3) is 0.174. The number of nitrogens with zero attached hydrogens (tertiary/aromatic N) is 3. The van der Waals surface area contributed by atoms with E-state index in [2.05, 4.69) is 31.0 Å². The Kier molecular flexibility index (Phi) is 6.44. The predicted molar refractivity (Wildman–Crippen MR) is 119 cm³/mol. The van der Waals surface area contributed by atoms with Crippen LogP contribution in [0.3, 0.4) is 0 Å². The van der Waals surface area contributed by atoms with E-state index in [9.17, 15) is 10.5 Å². The van der Waals surface area contributed by atoms with Crippen molar-refractivity contribution in [1.29, 1.82) is 10.5 Å². The lowest BCUT2D eigenvalue weighted by Crippen LogP contribution is -2.03. The number of rotatable bonds is 5. The zero-order valence-corrected chi connectivity index (χ0v) is 17.7. The largest absolute Gasteiger partial charge is 0.383 e. The molecule has 0 atom stereocenters. The van der Waals surface area contributed by atoms with Crippen LogP contribution in [0.15, 0.2) is 53.6 Å². The molecule has 0 saturated heterocycles. The summed E-state index contributed by atoms with van der Waals surface area (Å²) in [5.74, 6) is 1.13. The molecule has 0 unspecified atom stereocenters. The van der Waals surface area contributed by atoms with Crippen LogP contribution in [-0.2, 0) is 5.75 Å². The van der Waals surface area contributed by atoms with E-state index in [0.717, 1.165) is 11.1 Å². The summed E-state index contributed by atoms with van der Waals surface area (Å²) in [5, 5.41) is 20.7. The minimum Gasteiger partial charge on any atom is -0.383 e. The molecule has 2 N–H and O–H groups in total. The number of anilines is 1. The van der Waals surface area contributed by atoms with Crippen LogP contribution in [0.25, 0.3) is 11.1 Å². The van der Waals surface area contributed by atoms with Crippen LogP contribution in [0.1, 0.15) is 42.0 Å². The number of nitrogens with two attached hydrogens (primary N) is 1. The van der Waals surface area contributed by atoms with Crippen LogP contribution < -0.4 is 5.73 Å². The molecule has 3 aromatic rings. The van der Waals surface area contributed by atoms with E-state index in [-0.39, 0.29) is 11.4 Å². The number of benzene rings is 2. The summed E-state index contributed by atoms with van der Waals surface area (Å²) in [5.41, 5.74) is 10.2. The molecule has 0 aliphatic rings. The SMILES string of the molecule is CC(C)c1ccc(-c2c(C#N)c(N)nc(SCc3ccc(Cl)cc3)c2C#N)cc1. The number of pyridine rings is 1. The third-order valence-corrected chi connectivity index (χ3v) is 5.87. The first-order valence-corrected chi connectivity index (χ1v) is 10.4. The second-order valence-electron chi connectivity index (χ2n) is 6.84. The van der Waals surface area contributed by atoms with Crippen molar-refractivity contribution in [3.63, 3.8) is 0 Å². The van der Waals surface area contributed by atoms with Crippen molar-refractivity contribution >= 4 is 29.2 Å². The van der Waals surface area contributed by atoms with E-state index in [1.54, 1.807) is 0 Å². The third-order valence-electron chi connectivity index (χ3n) is 4.57. The topological polar surface area (TPSA) is 86.5 Å². The first-order valence-electron chi connectivity index (χ1n) is 9.05. The molecule has 1 heterocycles. The van der Waals surface area contributed by atoms with Gasteiger partial charge in [-0.15, -0.1) is 11.8 Å². The molecule has 0 radical (unpaired) electrons. The quantitative estimate of drug-likeness (QED) is 0.502. The highest BCUT2D eigenvalue weighted by Gasteiger charge is 2.20. The number of hydrogen-bond donors (Lipinski definition) is 1. The highest BCUT2D eigenvalue weighted by molar-refractivity contribution is 7.98. The van der Waals surface area contributed by atoms with Crippen LogP contribution in [-0.4, -0.2) is 4.98 Å². The van der Waals surface area contributed by atoms with Crippen LogP contribution >= 0.6 is 23.4 Å². The molecule has 3 rings (SSSR count). The number of aromatic nitrogens is 1. The molecule has 2 aromatic carbocycles. The minimum atomic E-state index is 0.132. The molecular weight excluding hydrogens is 400 g/mol. The van der Waals surface area contributed by atoms with Gasteiger partial charge in [0.05, 0.1) is 5.56 Å². The molecule has 0 saturated carbocycles. The fourth-order valence-electron chi connectivity index (χ4n) is 2.96. The monoisotopic (exact) mass is 418 g/mol. The number of nitriles is 2. The number of thioether (sulfide) groups is 1. The maximum Gasteiger partial charge on any atom is 0.143 e. The molecule has 0 bridgehead atoms. The van der Waals surface area contributed by atoms with Gasteiger partial charge in [0.2, 0.25) is 0 Å². The van der Waals surface area contributed by atoms with E-state index >= 15 is 0 Å². The van der Waals surface area contributed by atoms with Crippen molar-refractivity contribution in [2.75, 3.05) is 5.73 Å². The summed E-state index contributed by atoms with van der Waals surface area (Å²) in [7, 11) is 0. The molecule has 0 fully saturated rings. The number of halogens is 1. The van der Waals surface area contributed by atoms with E-state index in [4.69, 9.17) is 17.3 Å². The van der Waals surface area contributed by atoms with Gasteiger partial charge in [-0.3, -0.25) is 0 Å². The van der Waals surface area contributed by atoms with E-state index in [1.807, 2.05) is 48.5 Å². The molecule has 0 spiro atoms. The minimum absolute atomic E-state index is 0.132. The van der Waals surface area contributed by atoms with E-state index < -0.39 is 0 Å². The molecule has 29 heavy (non-hydrogen) atoms. The van der Waals surface area contributed by atoms with Crippen LogP contribution in [0, 0.1) is 22.7 Å².